The molecule has 2 N–H and O–H groups in total. The predicted molar refractivity (Wildman–Crippen MR) is 68.4 cm³/mol. The van der Waals surface area contributed by atoms with E-state index in [1.165, 1.54) is 0 Å². The first-order valence-electron chi connectivity index (χ1n) is 5.74. The molecule has 3 rings (SSSR count). The molecule has 1 aliphatic carbocycles. The van der Waals surface area contributed by atoms with Gasteiger partial charge in [0.15, 0.2) is 0 Å². The fraction of sp³-hybridized carbons (Fsp3) is 0.308. The lowest BCUT2D eigenvalue weighted by Gasteiger charge is -2.11. The Morgan fingerprint density at radius 1 is 1.24 bits per heavy atom. The summed E-state index contributed by atoms with van der Waals surface area (Å²) in [5.74, 6) is 0. The summed E-state index contributed by atoms with van der Waals surface area (Å²) in [7, 11) is 0. The average molecular weight is 248 g/mol. The lowest BCUT2D eigenvalue weighted by atomic mass is 10.1. The van der Waals surface area contributed by atoms with Crippen molar-refractivity contribution in [2.75, 3.05) is 0 Å². The molecular formula is C13H14ClN3. The summed E-state index contributed by atoms with van der Waals surface area (Å²) in [5, 5.41) is 5.08. The smallest absolute Gasteiger partial charge is 0.0649 e. The minimum absolute atomic E-state index is 0.00418. The van der Waals surface area contributed by atoms with Crippen molar-refractivity contribution < 1.29 is 0 Å². The number of benzene rings is 1. The Balaban J connectivity index is 1.92. The Labute approximate surface area is 105 Å². The van der Waals surface area contributed by atoms with E-state index in [4.69, 9.17) is 17.3 Å². The summed E-state index contributed by atoms with van der Waals surface area (Å²) < 4.78 is 1.93. The fourth-order valence-electron chi connectivity index (χ4n) is 1.98. The van der Waals surface area contributed by atoms with Crippen LogP contribution in [0.4, 0.5) is 0 Å². The highest BCUT2D eigenvalue weighted by molar-refractivity contribution is 6.30. The number of aromatic nitrogens is 2. The van der Waals surface area contributed by atoms with E-state index >= 15 is 0 Å². The normalized spacial score (nSPS) is 17.1. The molecule has 0 saturated heterocycles. The molecule has 0 bridgehead atoms. The average Bonchev–Trinajstić information content (AvgIpc) is 2.86. The van der Waals surface area contributed by atoms with Gasteiger partial charge in [-0.2, -0.15) is 5.10 Å². The summed E-state index contributed by atoms with van der Waals surface area (Å²) in [6, 6.07) is 9.71. The second kappa shape index (κ2) is 3.86. The van der Waals surface area contributed by atoms with Crippen LogP contribution in [0.5, 0.6) is 0 Å². The van der Waals surface area contributed by atoms with Gasteiger partial charge in [0.1, 0.15) is 0 Å². The van der Waals surface area contributed by atoms with Crippen molar-refractivity contribution in [3.8, 4) is 5.69 Å². The molecule has 3 nitrogen and oxygen atoms in total. The summed E-state index contributed by atoms with van der Waals surface area (Å²) >= 11 is 5.88. The van der Waals surface area contributed by atoms with Crippen molar-refractivity contribution in [1.29, 1.82) is 0 Å². The van der Waals surface area contributed by atoms with E-state index < -0.39 is 0 Å². The summed E-state index contributed by atoms with van der Waals surface area (Å²) in [6.45, 7) is 0. The molecule has 1 heterocycles. The largest absolute Gasteiger partial charge is 0.325 e. The number of nitrogens with zero attached hydrogens (tertiary/aromatic N) is 2. The van der Waals surface area contributed by atoms with Crippen LogP contribution in [0.1, 0.15) is 18.5 Å². The Hall–Kier alpha value is -1.32. The van der Waals surface area contributed by atoms with Crippen molar-refractivity contribution in [1.82, 2.24) is 9.78 Å². The highest BCUT2D eigenvalue weighted by Gasteiger charge is 2.38. The van der Waals surface area contributed by atoms with Gasteiger partial charge in [0, 0.05) is 28.9 Å². The molecule has 0 radical (unpaired) electrons. The maximum atomic E-state index is 6.15. The van der Waals surface area contributed by atoms with Crippen molar-refractivity contribution in [3.05, 3.63) is 47.2 Å². The molecule has 88 valence electrons. The van der Waals surface area contributed by atoms with Gasteiger partial charge in [-0.1, -0.05) is 11.6 Å². The first-order chi connectivity index (χ1) is 8.16. The van der Waals surface area contributed by atoms with E-state index in [1.807, 2.05) is 41.2 Å². The third-order valence-electron chi connectivity index (χ3n) is 3.22. The quantitative estimate of drug-likeness (QED) is 0.906. The number of hydrogen-bond acceptors (Lipinski definition) is 2. The van der Waals surface area contributed by atoms with Crippen LogP contribution in [0.3, 0.4) is 0 Å². The highest BCUT2D eigenvalue weighted by atomic mass is 35.5. The van der Waals surface area contributed by atoms with Gasteiger partial charge in [-0.05, 0) is 43.2 Å². The van der Waals surface area contributed by atoms with Crippen LogP contribution in [0, 0.1) is 0 Å². The monoisotopic (exact) mass is 247 g/mol. The van der Waals surface area contributed by atoms with E-state index in [-0.39, 0.29) is 5.54 Å². The first-order valence-corrected chi connectivity index (χ1v) is 6.12. The molecule has 1 fully saturated rings. The van der Waals surface area contributed by atoms with Gasteiger partial charge in [-0.3, -0.25) is 0 Å². The number of hydrogen-bond donors (Lipinski definition) is 1. The van der Waals surface area contributed by atoms with Crippen LogP contribution in [0.15, 0.2) is 36.5 Å². The Kier molecular flexibility index (Phi) is 2.45. The Morgan fingerprint density at radius 3 is 2.59 bits per heavy atom. The molecule has 1 aliphatic rings. The van der Waals surface area contributed by atoms with Crippen LogP contribution < -0.4 is 5.73 Å². The second-order valence-electron chi connectivity index (χ2n) is 4.75. The van der Waals surface area contributed by atoms with Gasteiger partial charge < -0.3 is 5.73 Å². The molecule has 0 amide bonds. The minimum Gasteiger partial charge on any atom is -0.325 e. The zero-order valence-electron chi connectivity index (χ0n) is 9.44. The molecule has 1 aromatic carbocycles. The number of nitrogens with two attached hydrogens (primary N) is 1. The first kappa shape index (κ1) is 10.8. The summed E-state index contributed by atoms with van der Waals surface area (Å²) in [6.07, 6.45) is 4.92. The van der Waals surface area contributed by atoms with Crippen LogP contribution in [-0.4, -0.2) is 15.3 Å². The maximum absolute atomic E-state index is 6.15. The third-order valence-corrected chi connectivity index (χ3v) is 3.47. The van der Waals surface area contributed by atoms with E-state index in [9.17, 15) is 0 Å². The van der Waals surface area contributed by atoms with Crippen LogP contribution >= 0.6 is 11.6 Å². The van der Waals surface area contributed by atoms with Crippen molar-refractivity contribution in [2.24, 2.45) is 5.73 Å². The van der Waals surface area contributed by atoms with Crippen molar-refractivity contribution >= 4 is 11.6 Å². The summed E-state index contributed by atoms with van der Waals surface area (Å²) in [5.41, 5.74) is 8.34. The second-order valence-corrected chi connectivity index (χ2v) is 5.19. The molecule has 0 spiro atoms. The molecule has 1 saturated carbocycles. The zero-order valence-corrected chi connectivity index (χ0v) is 10.2. The van der Waals surface area contributed by atoms with Crippen molar-refractivity contribution in [2.45, 2.75) is 24.8 Å². The lowest BCUT2D eigenvalue weighted by Crippen LogP contribution is -2.25. The van der Waals surface area contributed by atoms with E-state index in [0.29, 0.717) is 0 Å². The molecule has 0 aliphatic heterocycles. The van der Waals surface area contributed by atoms with Crippen LogP contribution in [-0.2, 0) is 6.42 Å². The Morgan fingerprint density at radius 2 is 1.94 bits per heavy atom. The predicted octanol–water partition coefficient (Wildman–Crippen LogP) is 2.56. The molecule has 17 heavy (non-hydrogen) atoms. The van der Waals surface area contributed by atoms with Crippen LogP contribution in [0.25, 0.3) is 5.69 Å². The van der Waals surface area contributed by atoms with Gasteiger partial charge in [0.05, 0.1) is 5.69 Å². The third kappa shape index (κ3) is 2.21. The topological polar surface area (TPSA) is 43.8 Å². The van der Waals surface area contributed by atoms with Gasteiger partial charge in [-0.15, -0.1) is 0 Å². The highest BCUT2D eigenvalue weighted by Crippen LogP contribution is 2.35. The molecule has 2 aromatic rings. The van der Waals surface area contributed by atoms with E-state index in [2.05, 4.69) is 5.10 Å². The molecule has 0 unspecified atom stereocenters. The van der Waals surface area contributed by atoms with Crippen LogP contribution in [0.2, 0.25) is 5.02 Å². The molecular weight excluding hydrogens is 234 g/mol. The van der Waals surface area contributed by atoms with Gasteiger partial charge >= 0.3 is 0 Å². The maximum Gasteiger partial charge on any atom is 0.0649 e. The minimum atomic E-state index is 0.00418. The standard InChI is InChI=1S/C13H14ClN3/c14-10-1-3-11(4-2-10)17-12(5-8-16-17)9-13(15)6-7-13/h1-5,8H,6-7,9,15H2. The number of halogens is 1. The van der Waals surface area contributed by atoms with Gasteiger partial charge in [0.2, 0.25) is 0 Å². The lowest BCUT2D eigenvalue weighted by molar-refractivity contribution is 0.637. The van der Waals surface area contributed by atoms with Gasteiger partial charge in [0.25, 0.3) is 0 Å². The van der Waals surface area contributed by atoms with Crippen molar-refractivity contribution in [3.63, 3.8) is 0 Å². The molecule has 4 heteroatoms. The Bertz CT molecular complexity index is 526. The van der Waals surface area contributed by atoms with Gasteiger partial charge in [-0.25, -0.2) is 4.68 Å². The summed E-state index contributed by atoms with van der Waals surface area (Å²) in [4.78, 5) is 0. The number of rotatable bonds is 3. The van der Waals surface area contributed by atoms with E-state index in [1.54, 1.807) is 0 Å². The zero-order chi connectivity index (χ0) is 11.9. The SMILES string of the molecule is NC1(Cc2ccnn2-c2ccc(Cl)cc2)CC1. The van der Waals surface area contributed by atoms with E-state index in [0.717, 1.165) is 35.7 Å². The fourth-order valence-corrected chi connectivity index (χ4v) is 2.10. The molecule has 0 atom stereocenters. The molecule has 1 aromatic heterocycles.